The number of carbonyl (C=O) groups excluding carboxylic acids is 2. The van der Waals surface area contributed by atoms with Gasteiger partial charge in [-0.1, -0.05) is 67.6 Å². The average Bonchev–Trinajstić information content (AvgIpc) is 2.77. The van der Waals surface area contributed by atoms with Crippen LogP contribution in [0.3, 0.4) is 0 Å². The molecule has 32 heavy (non-hydrogen) atoms. The average molecular weight is 479 g/mol. The van der Waals surface area contributed by atoms with Gasteiger partial charge in [-0.25, -0.2) is 4.39 Å². The van der Waals surface area contributed by atoms with Crippen LogP contribution in [0.4, 0.5) is 4.39 Å². The van der Waals surface area contributed by atoms with Crippen molar-refractivity contribution < 1.29 is 14.0 Å². The number of nitrogens with one attached hydrogen (secondary N) is 1. The van der Waals surface area contributed by atoms with Crippen molar-refractivity contribution in [3.8, 4) is 0 Å². The number of carbonyl (C=O) groups is 2. The van der Waals surface area contributed by atoms with Gasteiger partial charge < -0.3 is 10.2 Å². The summed E-state index contributed by atoms with van der Waals surface area (Å²) in [6, 6.07) is 10.5. The molecule has 172 valence electrons. The number of benzene rings is 2. The van der Waals surface area contributed by atoms with E-state index in [1.54, 1.807) is 35.2 Å². The lowest BCUT2D eigenvalue weighted by Crippen LogP contribution is -2.52. The van der Waals surface area contributed by atoms with Gasteiger partial charge in [-0.15, -0.1) is 0 Å². The highest BCUT2D eigenvalue weighted by molar-refractivity contribution is 6.35. The minimum atomic E-state index is -0.624. The van der Waals surface area contributed by atoms with Crippen molar-refractivity contribution in [1.29, 1.82) is 0 Å². The van der Waals surface area contributed by atoms with E-state index in [1.807, 2.05) is 6.92 Å². The SMILES string of the molecule is CC[C@@H](C(=O)NC1CCCCC1)N(Cc1ccc(F)cc1)C(=O)Cc1ccc(Cl)cc1Cl. The Hall–Kier alpha value is -2.11. The molecule has 0 heterocycles. The Bertz CT molecular complexity index is 930. The number of rotatable bonds is 8. The summed E-state index contributed by atoms with van der Waals surface area (Å²) < 4.78 is 13.4. The summed E-state index contributed by atoms with van der Waals surface area (Å²) >= 11 is 12.3. The van der Waals surface area contributed by atoms with Crippen LogP contribution < -0.4 is 5.32 Å². The predicted octanol–water partition coefficient (Wildman–Crippen LogP) is 5.93. The molecule has 0 saturated heterocycles. The summed E-state index contributed by atoms with van der Waals surface area (Å²) in [5.41, 5.74) is 1.40. The Morgan fingerprint density at radius 2 is 1.78 bits per heavy atom. The van der Waals surface area contributed by atoms with Crippen molar-refractivity contribution in [3.05, 3.63) is 69.5 Å². The van der Waals surface area contributed by atoms with Crippen LogP contribution in [0, 0.1) is 5.82 Å². The molecule has 1 saturated carbocycles. The van der Waals surface area contributed by atoms with Crippen molar-refractivity contribution >= 4 is 35.0 Å². The number of nitrogens with zero attached hydrogens (tertiary/aromatic N) is 1. The maximum Gasteiger partial charge on any atom is 0.243 e. The first kappa shape index (κ1) is 24.5. The minimum Gasteiger partial charge on any atom is -0.352 e. The molecule has 3 rings (SSSR count). The largest absolute Gasteiger partial charge is 0.352 e. The van der Waals surface area contributed by atoms with E-state index in [4.69, 9.17) is 23.2 Å². The monoisotopic (exact) mass is 478 g/mol. The summed E-state index contributed by atoms with van der Waals surface area (Å²) in [5.74, 6) is -0.706. The third kappa shape index (κ3) is 6.69. The van der Waals surface area contributed by atoms with Crippen molar-refractivity contribution in [1.82, 2.24) is 10.2 Å². The summed E-state index contributed by atoms with van der Waals surface area (Å²) in [5, 5.41) is 4.05. The van der Waals surface area contributed by atoms with Crippen molar-refractivity contribution in [3.63, 3.8) is 0 Å². The van der Waals surface area contributed by atoms with E-state index in [9.17, 15) is 14.0 Å². The molecule has 2 aromatic rings. The fourth-order valence-electron chi connectivity index (χ4n) is 4.18. The smallest absolute Gasteiger partial charge is 0.243 e. The van der Waals surface area contributed by atoms with E-state index in [1.165, 1.54) is 18.6 Å². The summed E-state index contributed by atoms with van der Waals surface area (Å²) in [4.78, 5) is 28.2. The molecule has 0 unspecified atom stereocenters. The highest BCUT2D eigenvalue weighted by Crippen LogP contribution is 2.24. The third-order valence-electron chi connectivity index (χ3n) is 5.96. The van der Waals surface area contributed by atoms with Crippen LogP contribution in [0.15, 0.2) is 42.5 Å². The van der Waals surface area contributed by atoms with Gasteiger partial charge in [0.2, 0.25) is 11.8 Å². The summed E-state index contributed by atoms with van der Waals surface area (Å²) in [7, 11) is 0. The molecule has 1 N–H and O–H groups in total. The molecule has 1 aliphatic carbocycles. The van der Waals surface area contributed by atoms with Gasteiger partial charge in [0.15, 0.2) is 0 Å². The second-order valence-electron chi connectivity index (χ2n) is 8.33. The van der Waals surface area contributed by atoms with E-state index >= 15 is 0 Å². The highest BCUT2D eigenvalue weighted by atomic mass is 35.5. The predicted molar refractivity (Wildman–Crippen MR) is 126 cm³/mol. The van der Waals surface area contributed by atoms with Crippen LogP contribution in [-0.4, -0.2) is 28.8 Å². The van der Waals surface area contributed by atoms with E-state index in [-0.39, 0.29) is 36.6 Å². The van der Waals surface area contributed by atoms with Crippen LogP contribution >= 0.6 is 23.2 Å². The van der Waals surface area contributed by atoms with Crippen LogP contribution in [-0.2, 0) is 22.6 Å². The Morgan fingerprint density at radius 3 is 2.41 bits per heavy atom. The lowest BCUT2D eigenvalue weighted by atomic mass is 9.95. The van der Waals surface area contributed by atoms with E-state index in [2.05, 4.69) is 5.32 Å². The molecule has 0 radical (unpaired) electrons. The second kappa shape index (κ2) is 11.7. The maximum absolute atomic E-state index is 13.4. The van der Waals surface area contributed by atoms with E-state index in [0.717, 1.165) is 31.2 Å². The standard InChI is InChI=1S/C25H29Cl2FN2O2/c1-2-23(25(32)29-21-6-4-3-5-7-21)30(16-17-8-12-20(28)13-9-17)24(31)14-18-10-11-19(26)15-22(18)27/h8-13,15,21,23H,2-7,14,16H2,1H3,(H,29,32)/t23-/m0/s1. The van der Waals surface area contributed by atoms with Crippen LogP contribution in [0.5, 0.6) is 0 Å². The molecule has 1 aliphatic rings. The first-order chi connectivity index (χ1) is 15.4. The molecule has 0 bridgehead atoms. The zero-order valence-electron chi connectivity index (χ0n) is 18.3. The van der Waals surface area contributed by atoms with Gasteiger partial charge >= 0.3 is 0 Å². The molecule has 0 aliphatic heterocycles. The summed E-state index contributed by atoms with van der Waals surface area (Å²) in [6.07, 6.45) is 5.86. The third-order valence-corrected chi connectivity index (χ3v) is 6.55. The molecule has 0 spiro atoms. The molecule has 7 heteroatoms. The fraction of sp³-hybridized carbons (Fsp3) is 0.440. The van der Waals surface area contributed by atoms with E-state index in [0.29, 0.717) is 22.0 Å². The molecule has 4 nitrogen and oxygen atoms in total. The van der Waals surface area contributed by atoms with Crippen molar-refractivity contribution in [2.24, 2.45) is 0 Å². The zero-order valence-corrected chi connectivity index (χ0v) is 19.8. The topological polar surface area (TPSA) is 49.4 Å². The lowest BCUT2D eigenvalue weighted by Gasteiger charge is -2.33. The van der Waals surface area contributed by atoms with Gasteiger partial charge in [0.25, 0.3) is 0 Å². The normalized spacial score (nSPS) is 15.2. The van der Waals surface area contributed by atoms with Crippen LogP contribution in [0.1, 0.15) is 56.6 Å². The lowest BCUT2D eigenvalue weighted by molar-refractivity contribution is -0.141. The Labute approximate surface area is 199 Å². The van der Waals surface area contributed by atoms with Crippen LogP contribution in [0.25, 0.3) is 0 Å². The first-order valence-corrected chi connectivity index (χ1v) is 11.9. The quantitative estimate of drug-likeness (QED) is 0.510. The van der Waals surface area contributed by atoms with Crippen molar-refractivity contribution in [2.75, 3.05) is 0 Å². The van der Waals surface area contributed by atoms with Crippen molar-refractivity contribution in [2.45, 2.75) is 70.5 Å². The van der Waals surface area contributed by atoms with E-state index < -0.39 is 6.04 Å². The molecule has 2 aromatic carbocycles. The molecule has 2 amide bonds. The minimum absolute atomic E-state index is 0.0460. The van der Waals surface area contributed by atoms with Gasteiger partial charge in [0, 0.05) is 22.6 Å². The second-order valence-corrected chi connectivity index (χ2v) is 9.17. The Morgan fingerprint density at radius 1 is 1.09 bits per heavy atom. The molecule has 0 aromatic heterocycles. The number of amides is 2. The maximum atomic E-state index is 13.4. The molecule has 1 atom stereocenters. The molecule has 1 fully saturated rings. The Balaban J connectivity index is 1.82. The van der Waals surface area contributed by atoms with Gasteiger partial charge in [0.1, 0.15) is 11.9 Å². The van der Waals surface area contributed by atoms with Gasteiger partial charge in [-0.05, 0) is 54.7 Å². The highest BCUT2D eigenvalue weighted by Gasteiger charge is 2.30. The number of hydrogen-bond donors (Lipinski definition) is 1. The molecular weight excluding hydrogens is 450 g/mol. The van der Waals surface area contributed by atoms with Crippen LogP contribution in [0.2, 0.25) is 10.0 Å². The zero-order chi connectivity index (χ0) is 23.1. The van der Waals surface area contributed by atoms with Gasteiger partial charge in [-0.3, -0.25) is 9.59 Å². The van der Waals surface area contributed by atoms with Gasteiger partial charge in [-0.2, -0.15) is 0 Å². The summed E-state index contributed by atoms with van der Waals surface area (Å²) in [6.45, 7) is 2.10. The van der Waals surface area contributed by atoms with Gasteiger partial charge in [0.05, 0.1) is 6.42 Å². The number of halogens is 3. The molecular formula is C25H29Cl2FN2O2. The first-order valence-electron chi connectivity index (χ1n) is 11.2. The number of hydrogen-bond acceptors (Lipinski definition) is 2. The Kier molecular flexibility index (Phi) is 8.94. The fourth-order valence-corrected chi connectivity index (χ4v) is 4.66.